The second-order valence-corrected chi connectivity index (χ2v) is 5.13. The zero-order valence-corrected chi connectivity index (χ0v) is 11.5. The zero-order valence-electron chi connectivity index (χ0n) is 10.8. The molecular formula is C16H14ClFN2. The molecule has 0 aliphatic carbocycles. The van der Waals surface area contributed by atoms with Gasteiger partial charge in [0.05, 0.1) is 0 Å². The first kappa shape index (κ1) is 13.2. The molecule has 2 aromatic carbocycles. The van der Waals surface area contributed by atoms with Gasteiger partial charge in [-0.2, -0.15) is 0 Å². The van der Waals surface area contributed by atoms with Gasteiger partial charge in [-0.3, -0.25) is 0 Å². The van der Waals surface area contributed by atoms with Gasteiger partial charge >= 0.3 is 0 Å². The molecule has 3 rings (SSSR count). The van der Waals surface area contributed by atoms with Crippen LogP contribution in [0.25, 0.3) is 10.9 Å². The first-order valence-electron chi connectivity index (χ1n) is 6.43. The maximum absolute atomic E-state index is 12.9. The fourth-order valence-corrected chi connectivity index (χ4v) is 2.46. The van der Waals surface area contributed by atoms with Gasteiger partial charge in [0.15, 0.2) is 0 Å². The lowest BCUT2D eigenvalue weighted by Gasteiger charge is -2.05. The molecular weight excluding hydrogens is 275 g/mol. The van der Waals surface area contributed by atoms with Crippen LogP contribution in [0.1, 0.15) is 11.3 Å². The Balaban J connectivity index is 1.64. The first-order valence-corrected chi connectivity index (χ1v) is 6.81. The third-order valence-corrected chi connectivity index (χ3v) is 3.58. The molecule has 0 bridgehead atoms. The van der Waals surface area contributed by atoms with Crippen molar-refractivity contribution >= 4 is 22.5 Å². The second-order valence-electron chi connectivity index (χ2n) is 4.72. The Bertz CT molecular complexity index is 703. The van der Waals surface area contributed by atoms with Crippen molar-refractivity contribution < 1.29 is 4.39 Å². The summed E-state index contributed by atoms with van der Waals surface area (Å²) in [4.78, 5) is 3.35. The molecule has 0 fully saturated rings. The van der Waals surface area contributed by atoms with Gasteiger partial charge in [-0.05, 0) is 35.2 Å². The van der Waals surface area contributed by atoms with Crippen LogP contribution in [0.3, 0.4) is 0 Å². The molecule has 0 amide bonds. The number of benzene rings is 2. The number of hydrogen-bond acceptors (Lipinski definition) is 1. The summed E-state index contributed by atoms with van der Waals surface area (Å²) in [6.07, 6.45) is 0. The van der Waals surface area contributed by atoms with Crippen LogP contribution < -0.4 is 5.32 Å². The number of nitrogens with one attached hydrogen (secondary N) is 2. The number of H-pyrrole nitrogens is 1. The molecule has 2 N–H and O–H groups in total. The van der Waals surface area contributed by atoms with Crippen LogP contribution in [0, 0.1) is 5.82 Å². The second kappa shape index (κ2) is 5.65. The van der Waals surface area contributed by atoms with E-state index in [1.807, 2.05) is 12.1 Å². The van der Waals surface area contributed by atoms with Crippen molar-refractivity contribution in [3.05, 3.63) is 70.6 Å². The lowest BCUT2D eigenvalue weighted by Crippen LogP contribution is -2.13. The molecule has 20 heavy (non-hydrogen) atoms. The summed E-state index contributed by atoms with van der Waals surface area (Å²) < 4.78 is 12.9. The average Bonchev–Trinajstić information content (AvgIpc) is 2.84. The molecule has 1 heterocycles. The quantitative estimate of drug-likeness (QED) is 0.738. The van der Waals surface area contributed by atoms with Crippen molar-refractivity contribution in [2.45, 2.75) is 13.1 Å². The molecule has 3 aromatic rings. The Morgan fingerprint density at radius 1 is 1.05 bits per heavy atom. The van der Waals surface area contributed by atoms with Crippen molar-refractivity contribution in [1.82, 2.24) is 10.3 Å². The van der Waals surface area contributed by atoms with E-state index >= 15 is 0 Å². The van der Waals surface area contributed by atoms with E-state index in [4.69, 9.17) is 11.6 Å². The van der Waals surface area contributed by atoms with Gasteiger partial charge in [0.2, 0.25) is 0 Å². The van der Waals surface area contributed by atoms with E-state index in [0.29, 0.717) is 18.1 Å². The van der Waals surface area contributed by atoms with Crippen molar-refractivity contribution in [3.63, 3.8) is 0 Å². The Hall–Kier alpha value is -1.84. The fourth-order valence-electron chi connectivity index (χ4n) is 2.23. The van der Waals surface area contributed by atoms with Crippen LogP contribution in [0.5, 0.6) is 0 Å². The Kier molecular flexibility index (Phi) is 3.72. The van der Waals surface area contributed by atoms with Crippen LogP contribution in [0.15, 0.2) is 48.5 Å². The molecule has 1 aromatic heterocycles. The van der Waals surface area contributed by atoms with Crippen LogP contribution in [-0.2, 0) is 13.1 Å². The minimum atomic E-state index is -0.311. The topological polar surface area (TPSA) is 27.8 Å². The van der Waals surface area contributed by atoms with Gasteiger partial charge in [-0.15, -0.1) is 0 Å². The van der Waals surface area contributed by atoms with Crippen LogP contribution in [0.4, 0.5) is 4.39 Å². The number of fused-ring (bicyclic) bond motifs is 1. The monoisotopic (exact) mass is 288 g/mol. The SMILES string of the molecule is Fc1ccc(CNCc2cc3ccccc3[nH]2)c(Cl)c1. The number of hydrogen-bond donors (Lipinski definition) is 2. The molecule has 0 aliphatic heterocycles. The van der Waals surface area contributed by atoms with Gasteiger partial charge in [0.25, 0.3) is 0 Å². The van der Waals surface area contributed by atoms with E-state index in [2.05, 4.69) is 28.5 Å². The Labute approximate surface area is 121 Å². The number of para-hydroxylation sites is 1. The Morgan fingerprint density at radius 2 is 1.90 bits per heavy atom. The zero-order chi connectivity index (χ0) is 13.9. The van der Waals surface area contributed by atoms with Gasteiger partial charge in [-0.25, -0.2) is 4.39 Å². The maximum atomic E-state index is 12.9. The van der Waals surface area contributed by atoms with Crippen LogP contribution >= 0.6 is 11.6 Å². The number of aromatic amines is 1. The lowest BCUT2D eigenvalue weighted by molar-refractivity contribution is 0.624. The number of halogens is 2. The average molecular weight is 289 g/mol. The standard InChI is InChI=1S/C16H14ClFN2/c17-15-8-13(18)6-5-12(15)9-19-10-14-7-11-3-1-2-4-16(11)20-14/h1-8,19-20H,9-10H2. The molecule has 0 saturated carbocycles. The van der Waals surface area contributed by atoms with Crippen LogP contribution in [-0.4, -0.2) is 4.98 Å². The summed E-state index contributed by atoms with van der Waals surface area (Å²) in [6.45, 7) is 1.32. The van der Waals surface area contributed by atoms with Crippen molar-refractivity contribution in [3.8, 4) is 0 Å². The molecule has 0 unspecified atom stereocenters. The normalized spacial score (nSPS) is 11.1. The molecule has 0 atom stereocenters. The van der Waals surface area contributed by atoms with Crippen LogP contribution in [0.2, 0.25) is 5.02 Å². The van der Waals surface area contributed by atoms with E-state index in [1.165, 1.54) is 17.5 Å². The van der Waals surface area contributed by atoms with Gasteiger partial charge in [0.1, 0.15) is 5.82 Å². The van der Waals surface area contributed by atoms with Crippen molar-refractivity contribution in [2.24, 2.45) is 0 Å². The third kappa shape index (κ3) is 2.84. The largest absolute Gasteiger partial charge is 0.357 e. The first-order chi connectivity index (χ1) is 9.72. The summed E-state index contributed by atoms with van der Waals surface area (Å²) in [5.74, 6) is -0.311. The minimum Gasteiger partial charge on any atom is -0.357 e. The molecule has 0 radical (unpaired) electrons. The van der Waals surface area contributed by atoms with Crippen molar-refractivity contribution in [2.75, 3.05) is 0 Å². The molecule has 0 aliphatic rings. The van der Waals surface area contributed by atoms with E-state index in [-0.39, 0.29) is 5.82 Å². The van der Waals surface area contributed by atoms with Gasteiger partial charge in [-0.1, -0.05) is 35.9 Å². The van der Waals surface area contributed by atoms with E-state index in [9.17, 15) is 4.39 Å². The highest BCUT2D eigenvalue weighted by molar-refractivity contribution is 6.31. The fraction of sp³-hybridized carbons (Fsp3) is 0.125. The predicted octanol–water partition coefficient (Wildman–Crippen LogP) is 4.25. The third-order valence-electron chi connectivity index (χ3n) is 3.23. The van der Waals surface area contributed by atoms with Crippen molar-refractivity contribution in [1.29, 1.82) is 0 Å². The summed E-state index contributed by atoms with van der Waals surface area (Å²) in [7, 11) is 0. The maximum Gasteiger partial charge on any atom is 0.124 e. The predicted molar refractivity (Wildman–Crippen MR) is 80.3 cm³/mol. The van der Waals surface area contributed by atoms with Gasteiger partial charge < -0.3 is 10.3 Å². The molecule has 2 nitrogen and oxygen atoms in total. The van der Waals surface area contributed by atoms with E-state index in [1.54, 1.807) is 6.07 Å². The molecule has 102 valence electrons. The highest BCUT2D eigenvalue weighted by atomic mass is 35.5. The number of aromatic nitrogens is 1. The molecule has 0 saturated heterocycles. The van der Waals surface area contributed by atoms with E-state index in [0.717, 1.165) is 16.8 Å². The summed E-state index contributed by atoms with van der Waals surface area (Å²) >= 11 is 5.99. The minimum absolute atomic E-state index is 0.311. The summed E-state index contributed by atoms with van der Waals surface area (Å²) in [5.41, 5.74) is 3.14. The van der Waals surface area contributed by atoms with Gasteiger partial charge in [0, 0.05) is 29.3 Å². The number of rotatable bonds is 4. The molecule has 0 spiro atoms. The highest BCUT2D eigenvalue weighted by Gasteiger charge is 2.03. The highest BCUT2D eigenvalue weighted by Crippen LogP contribution is 2.18. The summed E-state index contributed by atoms with van der Waals surface area (Å²) in [6, 6.07) is 14.7. The smallest absolute Gasteiger partial charge is 0.124 e. The Morgan fingerprint density at radius 3 is 2.70 bits per heavy atom. The summed E-state index contributed by atoms with van der Waals surface area (Å²) in [5, 5.41) is 4.95. The lowest BCUT2D eigenvalue weighted by atomic mass is 10.2. The molecule has 4 heteroatoms. The van der Waals surface area contributed by atoms with E-state index < -0.39 is 0 Å².